The number of primary amides is 1. The Morgan fingerprint density at radius 3 is 2.76 bits per heavy atom. The summed E-state index contributed by atoms with van der Waals surface area (Å²) in [6.45, 7) is 1.94. The molecule has 0 spiro atoms. The van der Waals surface area contributed by atoms with Crippen molar-refractivity contribution in [1.82, 2.24) is 9.97 Å². The Labute approximate surface area is 100 Å². The second kappa shape index (κ2) is 5.09. The van der Waals surface area contributed by atoms with Gasteiger partial charge < -0.3 is 16.4 Å². The summed E-state index contributed by atoms with van der Waals surface area (Å²) in [6.07, 6.45) is 3.25. The standard InChI is InChI=1S/C11H17N5O/c12-7-9-1-4-14-11(15-9)16-5-2-8(3-6-16)10(13)17/h1,4,8H,2-3,5-7,12H2,(H2,13,17). The van der Waals surface area contributed by atoms with Crippen molar-refractivity contribution in [2.75, 3.05) is 18.0 Å². The minimum absolute atomic E-state index is 0.0102. The van der Waals surface area contributed by atoms with Crippen LogP contribution >= 0.6 is 0 Å². The van der Waals surface area contributed by atoms with Crippen LogP contribution in [-0.4, -0.2) is 29.0 Å². The van der Waals surface area contributed by atoms with E-state index in [0.717, 1.165) is 31.6 Å². The first kappa shape index (κ1) is 11.8. The van der Waals surface area contributed by atoms with Gasteiger partial charge in [0.25, 0.3) is 0 Å². The summed E-state index contributed by atoms with van der Waals surface area (Å²) in [6, 6.07) is 1.81. The number of carbonyl (C=O) groups is 1. The van der Waals surface area contributed by atoms with Crippen LogP contribution in [0.5, 0.6) is 0 Å². The largest absolute Gasteiger partial charge is 0.369 e. The van der Waals surface area contributed by atoms with Crippen molar-refractivity contribution in [2.24, 2.45) is 17.4 Å². The van der Waals surface area contributed by atoms with Crippen LogP contribution in [-0.2, 0) is 11.3 Å². The quantitative estimate of drug-likeness (QED) is 0.745. The predicted molar refractivity (Wildman–Crippen MR) is 64.1 cm³/mol. The number of piperidine rings is 1. The van der Waals surface area contributed by atoms with Crippen LogP contribution in [0.4, 0.5) is 5.95 Å². The molecule has 0 aliphatic carbocycles. The molecule has 1 saturated heterocycles. The Bertz CT molecular complexity index is 401. The molecular weight excluding hydrogens is 218 g/mol. The van der Waals surface area contributed by atoms with Gasteiger partial charge in [-0.05, 0) is 18.9 Å². The second-order valence-electron chi connectivity index (χ2n) is 4.22. The first-order valence-corrected chi connectivity index (χ1v) is 5.77. The van der Waals surface area contributed by atoms with E-state index in [9.17, 15) is 4.79 Å². The molecule has 17 heavy (non-hydrogen) atoms. The van der Waals surface area contributed by atoms with Gasteiger partial charge in [-0.2, -0.15) is 0 Å². The Kier molecular flexibility index (Phi) is 3.53. The van der Waals surface area contributed by atoms with Gasteiger partial charge in [0.05, 0.1) is 5.69 Å². The summed E-state index contributed by atoms with van der Waals surface area (Å²) in [4.78, 5) is 21.7. The second-order valence-corrected chi connectivity index (χ2v) is 4.22. The van der Waals surface area contributed by atoms with Crippen molar-refractivity contribution in [2.45, 2.75) is 19.4 Å². The van der Waals surface area contributed by atoms with Crippen LogP contribution < -0.4 is 16.4 Å². The highest BCUT2D eigenvalue weighted by Crippen LogP contribution is 2.20. The molecule has 1 aromatic heterocycles. The minimum atomic E-state index is -0.207. The van der Waals surface area contributed by atoms with Gasteiger partial charge in [-0.3, -0.25) is 4.79 Å². The summed E-state index contributed by atoms with van der Waals surface area (Å²) in [5.74, 6) is 0.473. The Hall–Kier alpha value is -1.69. The average molecular weight is 235 g/mol. The fraction of sp³-hybridized carbons (Fsp3) is 0.545. The van der Waals surface area contributed by atoms with Crippen molar-refractivity contribution in [1.29, 1.82) is 0 Å². The monoisotopic (exact) mass is 235 g/mol. The van der Waals surface area contributed by atoms with E-state index in [-0.39, 0.29) is 11.8 Å². The molecule has 0 unspecified atom stereocenters. The van der Waals surface area contributed by atoms with E-state index >= 15 is 0 Å². The van der Waals surface area contributed by atoms with Crippen LogP contribution in [0.25, 0.3) is 0 Å². The van der Waals surface area contributed by atoms with Gasteiger partial charge in [0, 0.05) is 31.7 Å². The molecule has 0 bridgehead atoms. The topological polar surface area (TPSA) is 98.1 Å². The van der Waals surface area contributed by atoms with Gasteiger partial charge in [0.2, 0.25) is 11.9 Å². The first-order chi connectivity index (χ1) is 8.20. The zero-order valence-electron chi connectivity index (χ0n) is 9.67. The number of aromatic nitrogens is 2. The molecule has 0 atom stereocenters. The SMILES string of the molecule is NCc1ccnc(N2CCC(C(N)=O)CC2)n1. The average Bonchev–Trinajstić information content (AvgIpc) is 2.39. The molecule has 0 saturated carbocycles. The van der Waals surface area contributed by atoms with Gasteiger partial charge in [-0.1, -0.05) is 0 Å². The van der Waals surface area contributed by atoms with E-state index in [1.54, 1.807) is 12.3 Å². The third-order valence-electron chi connectivity index (χ3n) is 3.09. The van der Waals surface area contributed by atoms with Gasteiger partial charge in [0.15, 0.2) is 0 Å². The van der Waals surface area contributed by atoms with E-state index in [4.69, 9.17) is 11.5 Å². The molecule has 1 aromatic rings. The highest BCUT2D eigenvalue weighted by Gasteiger charge is 2.24. The molecule has 6 nitrogen and oxygen atoms in total. The van der Waals surface area contributed by atoms with Gasteiger partial charge >= 0.3 is 0 Å². The van der Waals surface area contributed by atoms with Crippen LogP contribution in [0.2, 0.25) is 0 Å². The van der Waals surface area contributed by atoms with Gasteiger partial charge in [-0.15, -0.1) is 0 Å². The van der Waals surface area contributed by atoms with Crippen LogP contribution in [0.3, 0.4) is 0 Å². The number of hydrogen-bond donors (Lipinski definition) is 2. The number of amides is 1. The molecule has 2 rings (SSSR count). The van der Waals surface area contributed by atoms with E-state index in [1.807, 2.05) is 0 Å². The number of carbonyl (C=O) groups excluding carboxylic acids is 1. The van der Waals surface area contributed by atoms with Crippen LogP contribution in [0.1, 0.15) is 18.5 Å². The van der Waals surface area contributed by atoms with Crippen LogP contribution in [0.15, 0.2) is 12.3 Å². The van der Waals surface area contributed by atoms with Crippen molar-refractivity contribution in [3.05, 3.63) is 18.0 Å². The maximum Gasteiger partial charge on any atom is 0.225 e. The van der Waals surface area contributed by atoms with Crippen molar-refractivity contribution < 1.29 is 4.79 Å². The molecule has 1 aliphatic heterocycles. The van der Waals surface area contributed by atoms with E-state index < -0.39 is 0 Å². The molecule has 0 radical (unpaired) electrons. The third-order valence-corrected chi connectivity index (χ3v) is 3.09. The molecule has 1 amide bonds. The predicted octanol–water partition coefficient (Wildman–Crippen LogP) is -0.363. The summed E-state index contributed by atoms with van der Waals surface area (Å²) >= 11 is 0. The number of nitrogens with zero attached hydrogens (tertiary/aromatic N) is 3. The number of nitrogens with two attached hydrogens (primary N) is 2. The normalized spacial score (nSPS) is 17.1. The van der Waals surface area contributed by atoms with E-state index in [2.05, 4.69) is 14.9 Å². The lowest BCUT2D eigenvalue weighted by molar-refractivity contribution is -0.122. The number of rotatable bonds is 3. The number of hydrogen-bond acceptors (Lipinski definition) is 5. The fourth-order valence-electron chi connectivity index (χ4n) is 2.01. The van der Waals surface area contributed by atoms with Gasteiger partial charge in [0.1, 0.15) is 0 Å². The zero-order chi connectivity index (χ0) is 12.3. The summed E-state index contributed by atoms with van der Waals surface area (Å²) < 4.78 is 0. The molecular formula is C11H17N5O. The van der Waals surface area contributed by atoms with E-state index in [1.165, 1.54) is 0 Å². The lowest BCUT2D eigenvalue weighted by Crippen LogP contribution is -2.39. The summed E-state index contributed by atoms with van der Waals surface area (Å²) in [5, 5.41) is 0. The molecule has 0 aromatic carbocycles. The summed E-state index contributed by atoms with van der Waals surface area (Å²) in [5.41, 5.74) is 11.7. The van der Waals surface area contributed by atoms with Crippen molar-refractivity contribution >= 4 is 11.9 Å². The lowest BCUT2D eigenvalue weighted by atomic mass is 9.96. The maximum absolute atomic E-state index is 11.1. The smallest absolute Gasteiger partial charge is 0.225 e. The van der Waals surface area contributed by atoms with Crippen molar-refractivity contribution in [3.8, 4) is 0 Å². The Morgan fingerprint density at radius 1 is 1.47 bits per heavy atom. The minimum Gasteiger partial charge on any atom is -0.369 e. The Morgan fingerprint density at radius 2 is 2.18 bits per heavy atom. The zero-order valence-corrected chi connectivity index (χ0v) is 9.67. The van der Waals surface area contributed by atoms with Crippen molar-refractivity contribution in [3.63, 3.8) is 0 Å². The summed E-state index contributed by atoms with van der Waals surface area (Å²) in [7, 11) is 0. The molecule has 1 aliphatic rings. The van der Waals surface area contributed by atoms with Gasteiger partial charge in [-0.25, -0.2) is 9.97 Å². The first-order valence-electron chi connectivity index (χ1n) is 5.77. The lowest BCUT2D eigenvalue weighted by Gasteiger charge is -2.30. The highest BCUT2D eigenvalue weighted by molar-refractivity contribution is 5.76. The number of anilines is 1. The Balaban J connectivity index is 2.02. The van der Waals surface area contributed by atoms with Crippen LogP contribution in [0, 0.1) is 5.92 Å². The van der Waals surface area contributed by atoms with E-state index in [0.29, 0.717) is 12.5 Å². The third kappa shape index (κ3) is 2.71. The molecule has 4 N–H and O–H groups in total. The highest BCUT2D eigenvalue weighted by atomic mass is 16.1. The molecule has 92 valence electrons. The molecule has 6 heteroatoms. The molecule has 1 fully saturated rings. The fourth-order valence-corrected chi connectivity index (χ4v) is 2.01. The maximum atomic E-state index is 11.1. The molecule has 2 heterocycles.